The van der Waals surface area contributed by atoms with E-state index in [1.807, 2.05) is 24.3 Å². The second-order valence-corrected chi connectivity index (χ2v) is 8.95. The largest absolute Gasteiger partial charge is 0.393 e. The van der Waals surface area contributed by atoms with Crippen molar-refractivity contribution in [2.24, 2.45) is 0 Å². The summed E-state index contributed by atoms with van der Waals surface area (Å²) in [5.41, 5.74) is 2.36. The van der Waals surface area contributed by atoms with Crippen LogP contribution in [0.1, 0.15) is 41.3 Å². The Hall–Kier alpha value is -2.06. The number of likely N-dealkylation sites (tertiary alicyclic amines) is 1. The molecule has 3 rings (SSSR count). The summed E-state index contributed by atoms with van der Waals surface area (Å²) in [6, 6.07) is 13.8. The van der Waals surface area contributed by atoms with Crippen molar-refractivity contribution in [1.82, 2.24) is 9.62 Å². The third-order valence-electron chi connectivity index (χ3n) is 5.07. The molecule has 150 valence electrons. The minimum Gasteiger partial charge on any atom is -0.393 e. The molecule has 1 heterocycles. The maximum absolute atomic E-state index is 12.7. The van der Waals surface area contributed by atoms with Crippen LogP contribution in [0.25, 0.3) is 0 Å². The molecule has 0 aliphatic carbocycles. The molecule has 1 saturated heterocycles. The van der Waals surface area contributed by atoms with Gasteiger partial charge < -0.3 is 5.11 Å². The van der Waals surface area contributed by atoms with E-state index in [4.69, 9.17) is 0 Å². The van der Waals surface area contributed by atoms with Crippen LogP contribution in [-0.2, 0) is 23.1 Å². The van der Waals surface area contributed by atoms with Crippen LogP contribution in [0, 0.1) is 0 Å². The zero-order valence-corrected chi connectivity index (χ0v) is 16.8. The van der Waals surface area contributed by atoms with Gasteiger partial charge in [-0.15, -0.1) is 0 Å². The van der Waals surface area contributed by atoms with Crippen molar-refractivity contribution in [3.8, 4) is 0 Å². The summed E-state index contributed by atoms with van der Waals surface area (Å²) >= 11 is 0. The number of ketones is 1. The summed E-state index contributed by atoms with van der Waals surface area (Å²) in [5, 5.41) is 9.66. The van der Waals surface area contributed by atoms with Gasteiger partial charge in [-0.05, 0) is 43.0 Å². The first kappa shape index (κ1) is 20.7. The lowest BCUT2D eigenvalue weighted by atomic mass is 10.0. The second-order valence-electron chi connectivity index (χ2n) is 7.18. The van der Waals surface area contributed by atoms with E-state index in [9.17, 15) is 18.3 Å². The molecule has 2 aromatic carbocycles. The summed E-state index contributed by atoms with van der Waals surface area (Å²) < 4.78 is 28.0. The number of aliphatic hydroxyl groups excluding tert-OH is 1. The van der Waals surface area contributed by atoms with Gasteiger partial charge in [-0.25, -0.2) is 13.1 Å². The zero-order valence-electron chi connectivity index (χ0n) is 16.0. The van der Waals surface area contributed by atoms with Gasteiger partial charge >= 0.3 is 0 Å². The molecule has 28 heavy (non-hydrogen) atoms. The van der Waals surface area contributed by atoms with E-state index in [0.29, 0.717) is 5.56 Å². The fourth-order valence-corrected chi connectivity index (χ4v) is 4.39. The van der Waals surface area contributed by atoms with Crippen LogP contribution in [-0.4, -0.2) is 43.4 Å². The monoisotopic (exact) mass is 402 g/mol. The summed E-state index contributed by atoms with van der Waals surface area (Å²) in [6.45, 7) is 3.98. The molecule has 0 amide bonds. The van der Waals surface area contributed by atoms with Crippen molar-refractivity contribution >= 4 is 15.8 Å². The maximum atomic E-state index is 12.7. The van der Waals surface area contributed by atoms with Gasteiger partial charge in [0.2, 0.25) is 10.0 Å². The Balaban J connectivity index is 1.70. The van der Waals surface area contributed by atoms with E-state index < -0.39 is 10.0 Å². The van der Waals surface area contributed by atoms with Crippen molar-refractivity contribution in [3.05, 3.63) is 65.2 Å². The highest BCUT2D eigenvalue weighted by atomic mass is 32.2. The number of carbonyl (C=O) groups excluding carboxylic acids is 1. The number of nitrogens with zero attached hydrogens (tertiary/aromatic N) is 1. The number of sulfonamides is 1. The molecule has 1 fully saturated rings. The molecular weight excluding hydrogens is 376 g/mol. The number of aliphatic hydroxyl groups is 1. The third kappa shape index (κ3) is 5.26. The normalized spacial score (nSPS) is 16.2. The lowest BCUT2D eigenvalue weighted by molar-refractivity contribution is 0.0791. The summed E-state index contributed by atoms with van der Waals surface area (Å²) in [7, 11) is -3.72. The number of benzene rings is 2. The van der Waals surface area contributed by atoms with Crippen LogP contribution in [0.5, 0.6) is 0 Å². The van der Waals surface area contributed by atoms with E-state index in [1.54, 1.807) is 12.1 Å². The average molecular weight is 403 g/mol. The van der Waals surface area contributed by atoms with Crippen LogP contribution in [0.4, 0.5) is 0 Å². The molecule has 1 aliphatic rings. The Morgan fingerprint density at radius 3 is 2.46 bits per heavy atom. The number of Topliss-reactive ketones (excluding diaryl/α,β-unsaturated/α-hetero) is 1. The fourth-order valence-electron chi connectivity index (χ4n) is 3.34. The number of hydrogen-bond donors (Lipinski definition) is 2. The summed E-state index contributed by atoms with van der Waals surface area (Å²) in [4.78, 5) is 13.9. The molecule has 7 heteroatoms. The fraction of sp³-hybridized carbons (Fsp3) is 0.381. The molecule has 0 spiro atoms. The SMILES string of the molecule is CC(=O)c1cccc(S(=O)(=O)NCc2ccccc2CN2CCC(O)CC2)c1. The molecular formula is C21H26N2O4S. The Morgan fingerprint density at radius 1 is 1.11 bits per heavy atom. The van der Waals surface area contributed by atoms with Gasteiger partial charge in [0.05, 0.1) is 11.0 Å². The summed E-state index contributed by atoms with van der Waals surface area (Å²) in [6.07, 6.45) is 1.31. The van der Waals surface area contributed by atoms with Crippen LogP contribution < -0.4 is 4.72 Å². The number of piperidine rings is 1. The standard InChI is InChI=1S/C21H26N2O4S/c1-16(24)17-7-4-8-21(13-17)28(26,27)22-14-18-5-2-3-6-19(18)15-23-11-9-20(25)10-12-23/h2-8,13,20,22,25H,9-12,14-15H2,1H3. The first-order valence-electron chi connectivity index (χ1n) is 9.43. The molecule has 6 nitrogen and oxygen atoms in total. The van der Waals surface area contributed by atoms with Gasteiger partial charge in [0.15, 0.2) is 5.78 Å². The van der Waals surface area contributed by atoms with Crippen LogP contribution in [0.2, 0.25) is 0 Å². The topological polar surface area (TPSA) is 86.7 Å². The smallest absolute Gasteiger partial charge is 0.240 e. The van der Waals surface area contributed by atoms with Gasteiger partial charge in [0.25, 0.3) is 0 Å². The van der Waals surface area contributed by atoms with Crippen LogP contribution in [0.3, 0.4) is 0 Å². The number of rotatable bonds is 7. The van der Waals surface area contributed by atoms with E-state index in [0.717, 1.165) is 43.6 Å². The van der Waals surface area contributed by atoms with E-state index in [1.165, 1.54) is 19.1 Å². The molecule has 0 saturated carbocycles. The number of carbonyl (C=O) groups is 1. The van der Waals surface area contributed by atoms with Gasteiger partial charge in [0.1, 0.15) is 0 Å². The quantitative estimate of drug-likeness (QED) is 0.694. The van der Waals surface area contributed by atoms with Crippen molar-refractivity contribution in [2.45, 2.75) is 43.9 Å². The van der Waals surface area contributed by atoms with Crippen molar-refractivity contribution in [1.29, 1.82) is 0 Å². The van der Waals surface area contributed by atoms with Gasteiger partial charge in [-0.1, -0.05) is 36.4 Å². The molecule has 2 N–H and O–H groups in total. The van der Waals surface area contributed by atoms with E-state index in [2.05, 4.69) is 9.62 Å². The van der Waals surface area contributed by atoms with Gasteiger partial charge in [0, 0.05) is 31.7 Å². The van der Waals surface area contributed by atoms with Crippen molar-refractivity contribution in [3.63, 3.8) is 0 Å². The van der Waals surface area contributed by atoms with E-state index in [-0.39, 0.29) is 23.3 Å². The molecule has 1 aliphatic heterocycles. The van der Waals surface area contributed by atoms with Crippen molar-refractivity contribution in [2.75, 3.05) is 13.1 Å². The predicted molar refractivity (Wildman–Crippen MR) is 107 cm³/mol. The molecule has 0 aromatic heterocycles. The zero-order chi connectivity index (χ0) is 20.1. The number of hydrogen-bond acceptors (Lipinski definition) is 5. The first-order chi connectivity index (χ1) is 13.3. The van der Waals surface area contributed by atoms with Gasteiger partial charge in [-0.3, -0.25) is 9.69 Å². The van der Waals surface area contributed by atoms with Gasteiger partial charge in [-0.2, -0.15) is 0 Å². The van der Waals surface area contributed by atoms with Crippen molar-refractivity contribution < 1.29 is 18.3 Å². The molecule has 2 aromatic rings. The minimum atomic E-state index is -3.72. The average Bonchev–Trinajstić information content (AvgIpc) is 2.69. The Labute approximate surface area is 166 Å². The van der Waals surface area contributed by atoms with E-state index >= 15 is 0 Å². The van der Waals surface area contributed by atoms with Crippen LogP contribution in [0.15, 0.2) is 53.4 Å². The molecule has 0 radical (unpaired) electrons. The summed E-state index contributed by atoms with van der Waals surface area (Å²) in [5.74, 6) is -0.172. The highest BCUT2D eigenvalue weighted by molar-refractivity contribution is 7.89. The predicted octanol–water partition coefficient (Wildman–Crippen LogP) is 2.32. The maximum Gasteiger partial charge on any atom is 0.240 e. The highest BCUT2D eigenvalue weighted by Crippen LogP contribution is 2.18. The first-order valence-corrected chi connectivity index (χ1v) is 10.9. The minimum absolute atomic E-state index is 0.0858. The highest BCUT2D eigenvalue weighted by Gasteiger charge is 2.19. The Kier molecular flexibility index (Phi) is 6.61. The lowest BCUT2D eigenvalue weighted by Crippen LogP contribution is -2.35. The Bertz CT molecular complexity index is 935. The number of nitrogens with one attached hydrogen (secondary N) is 1. The second kappa shape index (κ2) is 8.96. The Morgan fingerprint density at radius 2 is 1.79 bits per heavy atom. The molecule has 0 bridgehead atoms. The molecule has 0 unspecified atom stereocenters. The van der Waals surface area contributed by atoms with Crippen LogP contribution >= 0.6 is 0 Å². The third-order valence-corrected chi connectivity index (χ3v) is 6.47. The molecule has 0 atom stereocenters. The lowest BCUT2D eigenvalue weighted by Gasteiger charge is -2.30.